The Bertz CT molecular complexity index is 475. The molecule has 6 heteroatoms. The van der Waals surface area contributed by atoms with Crippen LogP contribution in [0.4, 0.5) is 5.82 Å². The summed E-state index contributed by atoms with van der Waals surface area (Å²) in [6.07, 6.45) is 1.64. The molecule has 0 atom stereocenters. The van der Waals surface area contributed by atoms with Gasteiger partial charge in [0, 0.05) is 18.6 Å². The molecule has 0 radical (unpaired) electrons. The maximum absolute atomic E-state index is 5.84. The second kappa shape index (κ2) is 5.12. The van der Waals surface area contributed by atoms with E-state index in [1.807, 2.05) is 28.9 Å². The lowest BCUT2D eigenvalue weighted by Crippen LogP contribution is -2.18. The third kappa shape index (κ3) is 2.72. The Kier molecular flexibility index (Phi) is 3.78. The van der Waals surface area contributed by atoms with E-state index in [0.717, 1.165) is 22.5 Å². The molecule has 0 aliphatic carbocycles. The molecule has 0 spiro atoms. The van der Waals surface area contributed by atoms with Crippen molar-refractivity contribution in [3.63, 3.8) is 0 Å². The lowest BCUT2D eigenvalue weighted by Gasteiger charge is -2.18. The third-order valence-corrected chi connectivity index (χ3v) is 3.46. The zero-order valence-corrected chi connectivity index (χ0v) is 11.7. The van der Waals surface area contributed by atoms with Crippen LogP contribution in [0.3, 0.4) is 0 Å². The Morgan fingerprint density at radius 1 is 1.50 bits per heavy atom. The van der Waals surface area contributed by atoms with Crippen molar-refractivity contribution in [3.05, 3.63) is 38.3 Å². The average Bonchev–Trinajstić information content (AvgIpc) is 2.70. The fraction of sp³-hybridized carbons (Fsp3) is 0.200. The number of hydrogen-bond acceptors (Lipinski definition) is 4. The molecule has 2 aromatic rings. The average molecular weight is 319 g/mol. The van der Waals surface area contributed by atoms with Crippen molar-refractivity contribution in [2.24, 2.45) is 0 Å². The van der Waals surface area contributed by atoms with Gasteiger partial charge in [0.25, 0.3) is 0 Å². The van der Waals surface area contributed by atoms with Crippen LogP contribution in [-0.2, 0) is 6.54 Å². The standard InChI is InChI=1S/C10H9BrClN3S/c1-15(4-8-5-16-6-14-8)10-9(11)2-7(12)3-13-10/h2-3,5-6H,4H2,1H3. The van der Waals surface area contributed by atoms with Gasteiger partial charge >= 0.3 is 0 Å². The second-order valence-electron chi connectivity index (χ2n) is 3.29. The Balaban J connectivity index is 2.17. The van der Waals surface area contributed by atoms with Crippen molar-refractivity contribution in [2.75, 3.05) is 11.9 Å². The molecule has 0 N–H and O–H groups in total. The van der Waals surface area contributed by atoms with Crippen LogP contribution >= 0.6 is 38.9 Å². The van der Waals surface area contributed by atoms with Gasteiger partial charge < -0.3 is 4.90 Å². The van der Waals surface area contributed by atoms with Crippen molar-refractivity contribution >= 4 is 44.7 Å². The van der Waals surface area contributed by atoms with Crippen molar-refractivity contribution < 1.29 is 0 Å². The number of halogens is 2. The van der Waals surface area contributed by atoms with E-state index in [1.54, 1.807) is 17.5 Å². The summed E-state index contributed by atoms with van der Waals surface area (Å²) in [5, 5.41) is 2.65. The summed E-state index contributed by atoms with van der Waals surface area (Å²) in [6, 6.07) is 1.83. The summed E-state index contributed by atoms with van der Waals surface area (Å²) in [6.45, 7) is 0.733. The van der Waals surface area contributed by atoms with Gasteiger partial charge in [0.2, 0.25) is 0 Å². The first-order valence-corrected chi connectivity index (χ1v) is 6.67. The summed E-state index contributed by atoms with van der Waals surface area (Å²) in [4.78, 5) is 10.5. The van der Waals surface area contributed by atoms with E-state index in [1.165, 1.54) is 0 Å². The van der Waals surface area contributed by atoms with Gasteiger partial charge in [0.05, 0.1) is 27.2 Å². The highest BCUT2D eigenvalue weighted by Crippen LogP contribution is 2.26. The third-order valence-electron chi connectivity index (χ3n) is 2.03. The number of pyridine rings is 1. The summed E-state index contributed by atoms with van der Waals surface area (Å²) >= 11 is 10.9. The van der Waals surface area contributed by atoms with Crippen LogP contribution in [0.1, 0.15) is 5.69 Å². The van der Waals surface area contributed by atoms with Crippen molar-refractivity contribution in [1.29, 1.82) is 0 Å². The summed E-state index contributed by atoms with van der Waals surface area (Å²) < 4.78 is 0.887. The summed E-state index contributed by atoms with van der Waals surface area (Å²) in [5.74, 6) is 0.859. The van der Waals surface area contributed by atoms with Crippen molar-refractivity contribution in [3.8, 4) is 0 Å². The topological polar surface area (TPSA) is 29.0 Å². The zero-order chi connectivity index (χ0) is 11.5. The molecule has 2 heterocycles. The van der Waals surface area contributed by atoms with Gasteiger partial charge in [-0.05, 0) is 22.0 Å². The SMILES string of the molecule is CN(Cc1cscn1)c1ncc(Cl)cc1Br. The summed E-state index contributed by atoms with van der Waals surface area (Å²) in [5.41, 5.74) is 2.86. The van der Waals surface area contributed by atoms with Gasteiger partial charge in [-0.25, -0.2) is 9.97 Å². The molecule has 16 heavy (non-hydrogen) atoms. The number of nitrogens with zero attached hydrogens (tertiary/aromatic N) is 3. The number of anilines is 1. The van der Waals surface area contributed by atoms with Crippen LogP contribution in [0.15, 0.2) is 27.6 Å². The molecule has 0 bridgehead atoms. The Morgan fingerprint density at radius 2 is 2.31 bits per heavy atom. The highest BCUT2D eigenvalue weighted by atomic mass is 79.9. The molecular formula is C10H9BrClN3S. The van der Waals surface area contributed by atoms with Crippen LogP contribution in [0.5, 0.6) is 0 Å². The van der Waals surface area contributed by atoms with Crippen molar-refractivity contribution in [1.82, 2.24) is 9.97 Å². The zero-order valence-electron chi connectivity index (χ0n) is 8.52. The molecule has 0 saturated heterocycles. The van der Waals surface area contributed by atoms with Crippen LogP contribution in [0.2, 0.25) is 5.02 Å². The van der Waals surface area contributed by atoms with Crippen LogP contribution in [0.25, 0.3) is 0 Å². The van der Waals surface area contributed by atoms with Gasteiger partial charge in [-0.15, -0.1) is 11.3 Å². The van der Waals surface area contributed by atoms with Gasteiger partial charge in [-0.2, -0.15) is 0 Å². The minimum atomic E-state index is 0.623. The van der Waals surface area contributed by atoms with Crippen LogP contribution < -0.4 is 4.90 Å². The van der Waals surface area contributed by atoms with Gasteiger partial charge in [0.1, 0.15) is 5.82 Å². The van der Waals surface area contributed by atoms with Gasteiger partial charge in [-0.3, -0.25) is 0 Å². The molecule has 0 aromatic carbocycles. The Labute approximate surface area is 111 Å². The maximum atomic E-state index is 5.84. The molecular weight excluding hydrogens is 310 g/mol. The minimum Gasteiger partial charge on any atom is -0.353 e. The summed E-state index contributed by atoms with van der Waals surface area (Å²) in [7, 11) is 1.97. The quantitative estimate of drug-likeness (QED) is 0.866. The first-order chi connectivity index (χ1) is 7.66. The predicted octanol–water partition coefficient (Wildman–Crippen LogP) is 3.59. The van der Waals surface area contributed by atoms with Gasteiger partial charge in [-0.1, -0.05) is 11.6 Å². The molecule has 2 rings (SSSR count). The molecule has 0 amide bonds. The first kappa shape index (κ1) is 11.8. The molecule has 0 fully saturated rings. The lowest BCUT2D eigenvalue weighted by atomic mass is 10.4. The Morgan fingerprint density at radius 3 is 2.94 bits per heavy atom. The normalized spacial score (nSPS) is 10.4. The highest BCUT2D eigenvalue weighted by Gasteiger charge is 2.09. The van der Waals surface area contributed by atoms with Crippen molar-refractivity contribution in [2.45, 2.75) is 6.54 Å². The van der Waals surface area contributed by atoms with E-state index in [-0.39, 0.29) is 0 Å². The Hall–Kier alpha value is -0.650. The van der Waals surface area contributed by atoms with E-state index in [9.17, 15) is 0 Å². The molecule has 2 aromatic heterocycles. The molecule has 0 aliphatic heterocycles. The highest BCUT2D eigenvalue weighted by molar-refractivity contribution is 9.10. The number of aromatic nitrogens is 2. The van der Waals surface area contributed by atoms with E-state index >= 15 is 0 Å². The van der Waals surface area contributed by atoms with E-state index in [4.69, 9.17) is 11.6 Å². The van der Waals surface area contributed by atoms with E-state index < -0.39 is 0 Å². The molecule has 0 unspecified atom stereocenters. The fourth-order valence-corrected chi connectivity index (χ4v) is 2.81. The van der Waals surface area contributed by atoms with Gasteiger partial charge in [0.15, 0.2) is 0 Å². The predicted molar refractivity (Wildman–Crippen MR) is 71.2 cm³/mol. The second-order valence-corrected chi connectivity index (χ2v) is 5.30. The molecule has 0 aliphatic rings. The van der Waals surface area contributed by atoms with E-state index in [0.29, 0.717) is 5.02 Å². The largest absolute Gasteiger partial charge is 0.353 e. The maximum Gasteiger partial charge on any atom is 0.143 e. The van der Waals surface area contributed by atoms with E-state index in [2.05, 4.69) is 25.9 Å². The first-order valence-electron chi connectivity index (χ1n) is 4.56. The van der Waals surface area contributed by atoms with Crippen LogP contribution in [0, 0.1) is 0 Å². The molecule has 0 saturated carbocycles. The minimum absolute atomic E-state index is 0.623. The monoisotopic (exact) mass is 317 g/mol. The number of hydrogen-bond donors (Lipinski definition) is 0. The number of rotatable bonds is 3. The van der Waals surface area contributed by atoms with Crippen LogP contribution in [-0.4, -0.2) is 17.0 Å². The lowest BCUT2D eigenvalue weighted by molar-refractivity contribution is 0.871. The number of thiazole rings is 1. The molecule has 3 nitrogen and oxygen atoms in total. The fourth-order valence-electron chi connectivity index (χ4n) is 1.32. The molecule has 84 valence electrons. The smallest absolute Gasteiger partial charge is 0.143 e.